The van der Waals surface area contributed by atoms with Crippen molar-refractivity contribution in [3.05, 3.63) is 17.7 Å². The van der Waals surface area contributed by atoms with E-state index < -0.39 is 106 Å². The summed E-state index contributed by atoms with van der Waals surface area (Å²) in [6.45, 7) is 0.0890. The van der Waals surface area contributed by atoms with E-state index in [0.717, 1.165) is 0 Å². The Morgan fingerprint density at radius 1 is 0.794 bits per heavy atom. The first-order chi connectivity index (χ1) is 18.4. The van der Waals surface area contributed by atoms with Crippen LogP contribution in [0.2, 0.25) is 0 Å². The number of aliphatic hydroxyl groups is 7. The Morgan fingerprint density at radius 3 is 1.88 bits per heavy atom. The van der Waals surface area contributed by atoms with Gasteiger partial charge in [0.25, 0.3) is 0 Å². The molecule has 0 aromatic heterocycles. The molecule has 2 fully saturated rings. The Bertz CT molecular complexity index is 956. The third kappa shape index (κ3) is 5.39. The molecule has 2 aliphatic rings. The highest BCUT2D eigenvalue weighted by Gasteiger charge is 2.48. The Morgan fingerprint density at radius 2 is 1.32 bits per heavy atom. The van der Waals surface area contributed by atoms with Gasteiger partial charge in [-0.1, -0.05) is 0 Å². The Hall–Kier alpha value is -1.78. The number of aryl methyl sites for hydroxylation is 1. The summed E-state index contributed by atoms with van der Waals surface area (Å²) in [7, 11) is -6.04. The SMILES string of the molecule is [2H]C([2H])([2H])Oc1cc(C)cc(OC([2H])([2H])[2H])c1O[C@@H]1O[C@H](CO[C@@H]2O[C@H](CO)[C@@H](O)[C@H](O)[C@H]2O)[C@@H](O)[C@H](O)[C@H]1O. The first-order valence-corrected chi connectivity index (χ1v) is 10.2. The number of methoxy groups -OCH3 is 2. The lowest BCUT2D eigenvalue weighted by Gasteiger charge is -2.42. The van der Waals surface area contributed by atoms with Gasteiger partial charge in [-0.15, -0.1) is 0 Å². The molecule has 0 amide bonds. The van der Waals surface area contributed by atoms with Crippen molar-refractivity contribution in [2.24, 2.45) is 0 Å². The molecule has 7 N–H and O–H groups in total. The number of benzene rings is 1. The molecule has 1 aromatic rings. The quantitative estimate of drug-likeness (QED) is 0.192. The predicted molar refractivity (Wildman–Crippen MR) is 111 cm³/mol. The summed E-state index contributed by atoms with van der Waals surface area (Å²) in [5.74, 6) is -1.63. The maximum absolute atomic E-state index is 10.5. The second kappa shape index (κ2) is 11.3. The smallest absolute Gasteiger partial charge is 0.229 e. The summed E-state index contributed by atoms with van der Waals surface area (Å²) in [4.78, 5) is 0. The molecule has 2 aliphatic heterocycles. The van der Waals surface area contributed by atoms with Gasteiger partial charge in [0, 0.05) is 0 Å². The highest BCUT2D eigenvalue weighted by atomic mass is 16.7. The first kappa shape index (κ1) is 19.4. The molecule has 3 rings (SSSR count). The second-order valence-electron chi connectivity index (χ2n) is 7.96. The number of rotatable bonds is 8. The molecule has 0 unspecified atom stereocenters. The van der Waals surface area contributed by atoms with Crippen molar-refractivity contribution in [1.29, 1.82) is 0 Å². The average Bonchev–Trinajstić information content (AvgIpc) is 2.83. The van der Waals surface area contributed by atoms with E-state index in [1.165, 1.54) is 19.1 Å². The standard InChI is InChI=1S/C21H32O13/c1-8-4-9(29-2)19(10(5-8)30-3)34-21-18(28)16(26)14(24)12(33-21)7-31-20-17(27)15(25)13(23)11(6-22)32-20/h4-5,11-18,20-28H,6-7H2,1-3H3/t11-,12-,13-,14-,15+,16+,17-,18-,20-,21+/m1/s1/i2D3,3D3. The minimum Gasteiger partial charge on any atom is -0.493 e. The van der Waals surface area contributed by atoms with Gasteiger partial charge < -0.3 is 64.2 Å². The van der Waals surface area contributed by atoms with E-state index >= 15 is 0 Å². The fraction of sp³-hybridized carbons (Fsp3) is 0.714. The molecular weight excluding hydrogens is 460 g/mol. The molecular formula is C21H32O13. The molecule has 1 aromatic carbocycles. The molecule has 0 spiro atoms. The Kier molecular flexibility index (Phi) is 6.46. The van der Waals surface area contributed by atoms with Crippen LogP contribution in [0.5, 0.6) is 17.2 Å². The Balaban J connectivity index is 1.85. The predicted octanol–water partition coefficient (Wildman–Crippen LogP) is -2.98. The molecule has 2 heterocycles. The van der Waals surface area contributed by atoms with Crippen molar-refractivity contribution in [3.8, 4) is 17.2 Å². The summed E-state index contributed by atoms with van der Waals surface area (Å²) in [6.07, 6.45) is -17.2. The molecule has 194 valence electrons. The molecule has 0 saturated carbocycles. The van der Waals surface area contributed by atoms with E-state index in [1.807, 2.05) is 0 Å². The van der Waals surface area contributed by atoms with Gasteiger partial charge in [-0.25, -0.2) is 0 Å². The number of hydrogen-bond donors (Lipinski definition) is 7. The molecule has 13 nitrogen and oxygen atoms in total. The van der Waals surface area contributed by atoms with E-state index in [4.69, 9.17) is 36.6 Å². The normalized spacial score (nSPS) is 41.8. The van der Waals surface area contributed by atoms with Gasteiger partial charge in [-0.3, -0.25) is 0 Å². The van der Waals surface area contributed by atoms with E-state index in [-0.39, 0.29) is 0 Å². The van der Waals surface area contributed by atoms with Crippen molar-refractivity contribution in [3.63, 3.8) is 0 Å². The lowest BCUT2D eigenvalue weighted by Crippen LogP contribution is -2.62. The van der Waals surface area contributed by atoms with Crippen LogP contribution in [-0.4, -0.2) is 124 Å². The van der Waals surface area contributed by atoms with Crippen LogP contribution < -0.4 is 14.2 Å². The maximum Gasteiger partial charge on any atom is 0.229 e. The van der Waals surface area contributed by atoms with Crippen molar-refractivity contribution in [2.75, 3.05) is 27.3 Å². The fourth-order valence-corrected chi connectivity index (χ4v) is 3.64. The molecule has 0 radical (unpaired) electrons. The van der Waals surface area contributed by atoms with Crippen LogP contribution >= 0.6 is 0 Å². The van der Waals surface area contributed by atoms with Crippen molar-refractivity contribution in [2.45, 2.75) is 68.3 Å². The summed E-state index contributed by atoms with van der Waals surface area (Å²) in [6, 6.07) is 2.38. The lowest BCUT2D eigenvalue weighted by atomic mass is 9.98. The topological polar surface area (TPSA) is 197 Å². The maximum atomic E-state index is 10.5. The minimum atomic E-state index is -3.02. The summed E-state index contributed by atoms with van der Waals surface area (Å²) in [5.41, 5.74) is 0.317. The van der Waals surface area contributed by atoms with Gasteiger partial charge in [0.1, 0.15) is 48.8 Å². The van der Waals surface area contributed by atoms with Crippen molar-refractivity contribution in [1.82, 2.24) is 0 Å². The zero-order chi connectivity index (χ0) is 30.2. The van der Waals surface area contributed by atoms with Gasteiger partial charge >= 0.3 is 0 Å². The summed E-state index contributed by atoms with van der Waals surface area (Å²) < 4.78 is 76.0. The van der Waals surface area contributed by atoms with Gasteiger partial charge in [0.15, 0.2) is 17.8 Å². The van der Waals surface area contributed by atoms with E-state index in [1.54, 1.807) is 0 Å². The molecule has 0 aliphatic carbocycles. The van der Waals surface area contributed by atoms with E-state index in [9.17, 15) is 35.7 Å². The van der Waals surface area contributed by atoms with Crippen LogP contribution in [0, 0.1) is 6.92 Å². The Labute approximate surface area is 204 Å². The van der Waals surface area contributed by atoms with Crippen LogP contribution in [0.25, 0.3) is 0 Å². The number of hydrogen-bond acceptors (Lipinski definition) is 13. The molecule has 34 heavy (non-hydrogen) atoms. The minimum absolute atomic E-state index is 0.317. The highest BCUT2D eigenvalue weighted by Crippen LogP contribution is 2.40. The van der Waals surface area contributed by atoms with Crippen molar-refractivity contribution < 1.29 is 72.4 Å². The highest BCUT2D eigenvalue weighted by molar-refractivity contribution is 5.53. The van der Waals surface area contributed by atoms with Gasteiger partial charge in [-0.05, 0) is 24.6 Å². The summed E-state index contributed by atoms with van der Waals surface area (Å²) in [5, 5.41) is 70.7. The van der Waals surface area contributed by atoms with Crippen LogP contribution in [-0.2, 0) is 14.2 Å². The first-order valence-electron chi connectivity index (χ1n) is 13.2. The monoisotopic (exact) mass is 498 g/mol. The molecule has 2 saturated heterocycles. The van der Waals surface area contributed by atoms with E-state index in [0.29, 0.717) is 5.56 Å². The molecule has 10 atom stereocenters. The molecule has 13 heteroatoms. The number of aliphatic hydroxyl groups excluding tert-OH is 7. The van der Waals surface area contributed by atoms with Crippen LogP contribution in [0.3, 0.4) is 0 Å². The van der Waals surface area contributed by atoms with Crippen LogP contribution in [0.1, 0.15) is 13.8 Å². The van der Waals surface area contributed by atoms with Crippen LogP contribution in [0.4, 0.5) is 0 Å². The van der Waals surface area contributed by atoms with Gasteiger partial charge in [0.05, 0.1) is 35.5 Å². The summed E-state index contributed by atoms with van der Waals surface area (Å²) >= 11 is 0. The van der Waals surface area contributed by atoms with Gasteiger partial charge in [0.2, 0.25) is 12.0 Å². The fourth-order valence-electron chi connectivity index (χ4n) is 3.64. The third-order valence-electron chi connectivity index (χ3n) is 5.56. The van der Waals surface area contributed by atoms with E-state index in [2.05, 4.69) is 0 Å². The number of ether oxygens (including phenoxy) is 6. The average molecular weight is 499 g/mol. The molecule has 0 bridgehead atoms. The largest absolute Gasteiger partial charge is 0.493 e. The van der Waals surface area contributed by atoms with Gasteiger partial charge in [-0.2, -0.15) is 0 Å². The second-order valence-corrected chi connectivity index (χ2v) is 7.96. The third-order valence-corrected chi connectivity index (χ3v) is 5.56. The van der Waals surface area contributed by atoms with Crippen LogP contribution in [0.15, 0.2) is 12.1 Å². The lowest BCUT2D eigenvalue weighted by molar-refractivity contribution is -0.323. The zero-order valence-corrected chi connectivity index (χ0v) is 17.9. The zero-order valence-electron chi connectivity index (χ0n) is 23.9. The van der Waals surface area contributed by atoms with Crippen molar-refractivity contribution >= 4 is 0 Å².